The van der Waals surface area contributed by atoms with E-state index in [2.05, 4.69) is 5.32 Å². The predicted octanol–water partition coefficient (Wildman–Crippen LogP) is 5.22. The van der Waals surface area contributed by atoms with E-state index >= 15 is 0 Å². The maximum atomic E-state index is 13.6. The van der Waals surface area contributed by atoms with Crippen molar-refractivity contribution in [3.05, 3.63) is 108 Å². The standard InChI is InChI=1S/C34H41NO7/c1-23(2)29(35-33(38)39-22-26-18-12-7-13-19-26)32(37)40-28(21-25-16-10-6-11-17-25)31-30(41-34(3,4)42-31)27(36)20-24-14-8-5-9-15-24/h5-19,23,27-31,36H,20-22H2,1-4H3,(H,35,38)/t27-,28-,29-,30-,31+/m0/s1. The van der Waals surface area contributed by atoms with Gasteiger partial charge in [-0.05, 0) is 36.5 Å². The van der Waals surface area contributed by atoms with Crippen LogP contribution in [0.5, 0.6) is 0 Å². The van der Waals surface area contributed by atoms with Crippen LogP contribution in [0, 0.1) is 5.92 Å². The first-order chi connectivity index (χ1) is 20.1. The number of carbonyl (C=O) groups is 2. The first-order valence-electron chi connectivity index (χ1n) is 14.4. The van der Waals surface area contributed by atoms with Gasteiger partial charge >= 0.3 is 12.1 Å². The van der Waals surface area contributed by atoms with Crippen molar-refractivity contribution in [3.63, 3.8) is 0 Å². The molecule has 5 atom stereocenters. The molecule has 0 unspecified atom stereocenters. The molecule has 0 saturated carbocycles. The summed E-state index contributed by atoms with van der Waals surface area (Å²) in [5.41, 5.74) is 2.71. The number of nitrogens with one attached hydrogen (secondary N) is 1. The third-order valence-corrected chi connectivity index (χ3v) is 7.15. The van der Waals surface area contributed by atoms with Crippen LogP contribution in [0.3, 0.4) is 0 Å². The van der Waals surface area contributed by atoms with Gasteiger partial charge in [0.05, 0.1) is 6.10 Å². The van der Waals surface area contributed by atoms with E-state index in [9.17, 15) is 14.7 Å². The molecule has 224 valence electrons. The average molecular weight is 576 g/mol. The quantitative estimate of drug-likeness (QED) is 0.286. The minimum atomic E-state index is -1.01. The number of hydrogen-bond donors (Lipinski definition) is 2. The van der Waals surface area contributed by atoms with Gasteiger partial charge in [0.2, 0.25) is 0 Å². The molecule has 0 bridgehead atoms. The first-order valence-corrected chi connectivity index (χ1v) is 14.4. The lowest BCUT2D eigenvalue weighted by Gasteiger charge is -2.31. The highest BCUT2D eigenvalue weighted by Crippen LogP contribution is 2.35. The van der Waals surface area contributed by atoms with Crippen LogP contribution in [0.2, 0.25) is 0 Å². The summed E-state index contributed by atoms with van der Waals surface area (Å²) in [7, 11) is 0. The summed E-state index contributed by atoms with van der Waals surface area (Å²) in [5, 5.41) is 14.0. The van der Waals surface area contributed by atoms with Crippen LogP contribution in [0.4, 0.5) is 4.79 Å². The molecule has 1 amide bonds. The number of amides is 1. The van der Waals surface area contributed by atoms with Crippen molar-refractivity contribution in [1.29, 1.82) is 0 Å². The van der Waals surface area contributed by atoms with E-state index in [1.165, 1.54) is 0 Å². The normalized spacial score (nSPS) is 20.0. The summed E-state index contributed by atoms with van der Waals surface area (Å²) in [6.45, 7) is 7.27. The van der Waals surface area contributed by atoms with Crippen LogP contribution < -0.4 is 5.32 Å². The number of carbonyl (C=O) groups excluding carboxylic acids is 2. The second kappa shape index (κ2) is 14.4. The van der Waals surface area contributed by atoms with E-state index in [0.29, 0.717) is 12.8 Å². The van der Waals surface area contributed by atoms with Crippen molar-refractivity contribution in [2.24, 2.45) is 5.92 Å². The highest BCUT2D eigenvalue weighted by atomic mass is 16.8. The Morgan fingerprint density at radius 2 is 1.31 bits per heavy atom. The molecule has 0 radical (unpaired) electrons. The van der Waals surface area contributed by atoms with Crippen LogP contribution in [0.15, 0.2) is 91.0 Å². The fourth-order valence-electron chi connectivity index (χ4n) is 5.06. The Bertz CT molecular complexity index is 1270. The minimum absolute atomic E-state index is 0.0759. The van der Waals surface area contributed by atoms with Crippen LogP contribution in [-0.2, 0) is 43.2 Å². The molecule has 3 aromatic carbocycles. The molecule has 1 saturated heterocycles. The van der Waals surface area contributed by atoms with E-state index < -0.39 is 48.3 Å². The Hall–Kier alpha value is -3.72. The van der Waals surface area contributed by atoms with Crippen LogP contribution >= 0.6 is 0 Å². The van der Waals surface area contributed by atoms with Gasteiger partial charge in [-0.15, -0.1) is 0 Å². The summed E-state index contributed by atoms with van der Waals surface area (Å²) in [4.78, 5) is 26.3. The molecular formula is C34H41NO7. The molecule has 8 nitrogen and oxygen atoms in total. The van der Waals surface area contributed by atoms with E-state index in [1.54, 1.807) is 13.8 Å². The van der Waals surface area contributed by atoms with Crippen LogP contribution in [0.1, 0.15) is 44.4 Å². The third kappa shape index (κ3) is 8.89. The van der Waals surface area contributed by atoms with Gasteiger partial charge in [0.15, 0.2) is 5.79 Å². The van der Waals surface area contributed by atoms with Gasteiger partial charge in [0, 0.05) is 12.8 Å². The van der Waals surface area contributed by atoms with Crippen molar-refractivity contribution in [1.82, 2.24) is 5.32 Å². The van der Waals surface area contributed by atoms with Crippen LogP contribution in [-0.4, -0.2) is 53.4 Å². The van der Waals surface area contributed by atoms with Gasteiger partial charge in [0.25, 0.3) is 0 Å². The van der Waals surface area contributed by atoms with Gasteiger partial charge in [0.1, 0.15) is 31.0 Å². The van der Waals surface area contributed by atoms with Crippen molar-refractivity contribution in [2.75, 3.05) is 0 Å². The fourth-order valence-corrected chi connectivity index (χ4v) is 5.06. The van der Waals surface area contributed by atoms with Gasteiger partial charge < -0.3 is 29.4 Å². The number of esters is 1. The lowest BCUT2D eigenvalue weighted by Crippen LogP contribution is -2.50. The summed E-state index contributed by atoms with van der Waals surface area (Å²) < 4.78 is 24.0. The zero-order chi connectivity index (χ0) is 30.1. The maximum Gasteiger partial charge on any atom is 0.408 e. The zero-order valence-electron chi connectivity index (χ0n) is 24.6. The lowest BCUT2D eigenvalue weighted by atomic mass is 9.94. The summed E-state index contributed by atoms with van der Waals surface area (Å²) in [6.07, 6.45) is -3.29. The van der Waals surface area contributed by atoms with Crippen molar-refractivity contribution >= 4 is 12.1 Å². The Morgan fingerprint density at radius 1 is 0.810 bits per heavy atom. The molecule has 1 aliphatic rings. The number of alkyl carbamates (subject to hydrolysis) is 1. The maximum absolute atomic E-state index is 13.6. The molecule has 1 heterocycles. The van der Waals surface area contributed by atoms with E-state index in [1.807, 2.05) is 105 Å². The number of benzene rings is 3. The van der Waals surface area contributed by atoms with Crippen molar-refractivity contribution in [2.45, 2.75) is 83.4 Å². The Kier molecular flexibility index (Phi) is 10.7. The van der Waals surface area contributed by atoms with Gasteiger partial charge in [-0.1, -0.05) is 105 Å². The Morgan fingerprint density at radius 3 is 1.86 bits per heavy atom. The number of rotatable bonds is 12. The van der Waals surface area contributed by atoms with Crippen molar-refractivity contribution in [3.8, 4) is 0 Å². The molecule has 2 N–H and O–H groups in total. The second-order valence-corrected chi connectivity index (χ2v) is 11.4. The molecule has 1 aliphatic heterocycles. The average Bonchev–Trinajstić information content (AvgIpc) is 3.31. The lowest BCUT2D eigenvalue weighted by molar-refractivity contribution is -0.173. The second-order valence-electron chi connectivity index (χ2n) is 11.4. The topological polar surface area (TPSA) is 103 Å². The highest BCUT2D eigenvalue weighted by Gasteiger charge is 2.50. The first kappa shape index (κ1) is 31.2. The SMILES string of the molecule is CC(C)[C@H](NC(=O)OCc1ccccc1)C(=O)O[C@@H](Cc1ccccc1)[C@H]1OC(C)(C)O[C@H]1[C@@H](O)Cc1ccccc1. The number of ether oxygens (including phenoxy) is 4. The summed E-state index contributed by atoms with van der Waals surface area (Å²) in [5.74, 6) is -1.91. The molecule has 1 fully saturated rings. The fraction of sp³-hybridized carbons (Fsp3) is 0.412. The van der Waals surface area contributed by atoms with Gasteiger partial charge in [-0.25, -0.2) is 9.59 Å². The number of hydrogen-bond acceptors (Lipinski definition) is 7. The van der Waals surface area contributed by atoms with E-state index in [-0.39, 0.29) is 12.5 Å². The molecule has 8 heteroatoms. The molecule has 0 aliphatic carbocycles. The molecule has 4 rings (SSSR count). The zero-order valence-corrected chi connectivity index (χ0v) is 24.6. The monoisotopic (exact) mass is 575 g/mol. The summed E-state index contributed by atoms with van der Waals surface area (Å²) in [6, 6.07) is 27.6. The van der Waals surface area contributed by atoms with E-state index in [4.69, 9.17) is 18.9 Å². The Labute approximate surface area is 248 Å². The highest BCUT2D eigenvalue weighted by molar-refractivity contribution is 5.81. The Balaban J connectivity index is 1.52. The minimum Gasteiger partial charge on any atom is -0.458 e. The molecular weight excluding hydrogens is 534 g/mol. The molecule has 3 aromatic rings. The number of aliphatic hydroxyl groups is 1. The van der Waals surface area contributed by atoms with Crippen LogP contribution in [0.25, 0.3) is 0 Å². The smallest absolute Gasteiger partial charge is 0.408 e. The predicted molar refractivity (Wildman–Crippen MR) is 158 cm³/mol. The summed E-state index contributed by atoms with van der Waals surface area (Å²) >= 11 is 0. The van der Waals surface area contributed by atoms with Crippen molar-refractivity contribution < 1.29 is 33.6 Å². The largest absolute Gasteiger partial charge is 0.458 e. The molecule has 42 heavy (non-hydrogen) atoms. The number of aliphatic hydroxyl groups excluding tert-OH is 1. The third-order valence-electron chi connectivity index (χ3n) is 7.15. The molecule has 0 spiro atoms. The van der Waals surface area contributed by atoms with Gasteiger partial charge in [-0.3, -0.25) is 0 Å². The van der Waals surface area contributed by atoms with E-state index in [0.717, 1.165) is 16.7 Å². The molecule has 0 aromatic heterocycles. The van der Waals surface area contributed by atoms with Gasteiger partial charge in [-0.2, -0.15) is 0 Å².